The van der Waals surface area contributed by atoms with Crippen LogP contribution in [0.25, 0.3) is 83.7 Å². The number of aromatic nitrogens is 4. The molecule has 4 aromatic heterocycles. The molecule has 0 unspecified atom stereocenters. The second kappa shape index (κ2) is 19.0. The summed E-state index contributed by atoms with van der Waals surface area (Å²) in [6, 6.07) is 52.3. The van der Waals surface area contributed by atoms with Crippen molar-refractivity contribution in [2.45, 2.75) is 65.7 Å². The smallest absolute Gasteiger partial charge is 0.292 e. The van der Waals surface area contributed by atoms with E-state index in [9.17, 15) is 9.18 Å². The molecule has 0 spiro atoms. The van der Waals surface area contributed by atoms with Gasteiger partial charge < -0.3 is 19.1 Å². The van der Waals surface area contributed by atoms with E-state index < -0.39 is 11.8 Å². The van der Waals surface area contributed by atoms with Crippen LogP contribution in [0, 0.1) is 17.9 Å². The molecule has 7 nitrogen and oxygen atoms in total. The second-order valence-corrected chi connectivity index (χ2v) is 18.2. The van der Waals surface area contributed by atoms with Crippen molar-refractivity contribution in [1.82, 2.24) is 19.5 Å². The minimum absolute atomic E-state index is 0. The number of carbonyl (C=O) groups is 1. The van der Waals surface area contributed by atoms with Gasteiger partial charge in [-0.15, -0.1) is 30.3 Å². The number of imidazole rings is 1. The summed E-state index contributed by atoms with van der Waals surface area (Å²) in [6.07, 6.45) is 3.63. The number of nitrogens with zero attached hydrogens (tertiary/aromatic N) is 4. The Hall–Kier alpha value is -7.06. The van der Waals surface area contributed by atoms with Gasteiger partial charge in [-0.3, -0.25) is 14.2 Å². The van der Waals surface area contributed by atoms with Crippen molar-refractivity contribution in [3.63, 3.8) is 0 Å². The summed E-state index contributed by atoms with van der Waals surface area (Å²) in [5, 5.41) is 10.9. The molecule has 0 bridgehead atoms. The molecule has 0 saturated carbocycles. The molecule has 6 aromatic carbocycles. The van der Waals surface area contributed by atoms with E-state index in [1.807, 2.05) is 30.5 Å². The van der Waals surface area contributed by atoms with E-state index in [-0.39, 0.29) is 36.6 Å². The molecule has 337 valence electrons. The molecule has 9 heteroatoms. The molecule has 0 aliphatic carbocycles. The van der Waals surface area contributed by atoms with Crippen LogP contribution < -0.4 is 0 Å². The number of pyridine rings is 2. The number of benzene rings is 6. The van der Waals surface area contributed by atoms with Crippen molar-refractivity contribution in [1.29, 1.82) is 0 Å². The van der Waals surface area contributed by atoms with Gasteiger partial charge in [0.15, 0.2) is 5.65 Å². The van der Waals surface area contributed by atoms with E-state index >= 15 is 0 Å². The fourth-order valence-corrected chi connectivity index (χ4v) is 8.41. The van der Waals surface area contributed by atoms with Gasteiger partial charge in [-0.1, -0.05) is 174 Å². The average molecular weight is 1060 g/mol. The molecule has 10 aromatic rings. The number of fused-ring (bicyclic) bond motifs is 4. The van der Waals surface area contributed by atoms with Crippen molar-refractivity contribution < 1.29 is 38.8 Å². The van der Waals surface area contributed by atoms with E-state index in [0.717, 1.165) is 78.4 Å². The standard InChI is InChI=1S/C42H34N3O.C16H15FNO2.Ir/c1-26(2)32-17-11-18-33(27(3)4)39(32)45-37-23-31(29-15-9-6-10-16-29)25-43-41(37)44-42(45)36-20-12-19-35-34-22-21-30(24-38(34)46-40(35)36)28-13-7-5-8-14-28;1-16(2,3)11-5-7-14(18-9-11)12-6-4-10(15(19)20)8-13(12)17;/h5-19,21-27H,1-4H3;4-5,7-9H,1-3H3,(H,19,20);/q2*-1;. The first-order valence-corrected chi connectivity index (χ1v) is 22.2. The zero-order chi connectivity index (χ0) is 46.3. The second-order valence-electron chi connectivity index (χ2n) is 18.2. The predicted molar refractivity (Wildman–Crippen MR) is 264 cm³/mol. The molecule has 67 heavy (non-hydrogen) atoms. The molecule has 1 radical (unpaired) electrons. The molecule has 0 atom stereocenters. The van der Waals surface area contributed by atoms with Crippen LogP contribution in [-0.2, 0) is 25.5 Å². The summed E-state index contributed by atoms with van der Waals surface area (Å²) in [6.45, 7) is 15.2. The quantitative estimate of drug-likeness (QED) is 0.152. The largest absolute Gasteiger partial charge is 0.501 e. The van der Waals surface area contributed by atoms with Crippen LogP contribution >= 0.6 is 0 Å². The van der Waals surface area contributed by atoms with E-state index in [2.05, 4.69) is 167 Å². The zero-order valence-corrected chi connectivity index (χ0v) is 40.7. The minimum atomic E-state index is -1.18. The first-order valence-electron chi connectivity index (χ1n) is 22.2. The van der Waals surface area contributed by atoms with Gasteiger partial charge in [0.05, 0.1) is 16.9 Å². The maximum absolute atomic E-state index is 13.9. The summed E-state index contributed by atoms with van der Waals surface area (Å²) in [4.78, 5) is 25.2. The molecule has 0 amide bonds. The Morgan fingerprint density at radius 3 is 1.97 bits per heavy atom. The van der Waals surface area contributed by atoms with Gasteiger partial charge in [-0.25, -0.2) is 4.98 Å². The summed E-state index contributed by atoms with van der Waals surface area (Å²) < 4.78 is 22.9. The number of carboxylic acids is 1. The van der Waals surface area contributed by atoms with E-state index in [0.29, 0.717) is 23.2 Å². The van der Waals surface area contributed by atoms with Crippen LogP contribution in [0.15, 0.2) is 156 Å². The van der Waals surface area contributed by atoms with Crippen molar-refractivity contribution >= 4 is 39.1 Å². The number of carboxylic acid groups (broad SMARTS) is 1. The summed E-state index contributed by atoms with van der Waals surface area (Å²) >= 11 is 0. The monoisotopic (exact) mass is 1060 g/mol. The molecule has 4 heterocycles. The fraction of sp³-hybridized carbons (Fsp3) is 0.172. The number of rotatable bonds is 8. The topological polar surface area (TPSA) is 94.0 Å². The Labute approximate surface area is 403 Å². The van der Waals surface area contributed by atoms with Gasteiger partial charge >= 0.3 is 0 Å². The number of aromatic carboxylic acids is 1. The molecule has 1 N–H and O–H groups in total. The summed E-state index contributed by atoms with van der Waals surface area (Å²) in [5.41, 5.74) is 13.7. The third kappa shape index (κ3) is 9.22. The van der Waals surface area contributed by atoms with Crippen LogP contribution in [0.2, 0.25) is 0 Å². The maximum Gasteiger partial charge on any atom is 0.292 e. The van der Waals surface area contributed by atoms with Crippen molar-refractivity contribution in [2.24, 2.45) is 0 Å². The fourth-order valence-electron chi connectivity index (χ4n) is 8.41. The van der Waals surface area contributed by atoms with Crippen LogP contribution in [0.3, 0.4) is 0 Å². The Kier molecular flexibility index (Phi) is 13.2. The molecule has 10 rings (SSSR count). The maximum atomic E-state index is 13.9. The van der Waals surface area contributed by atoms with Crippen molar-refractivity contribution in [2.75, 3.05) is 0 Å². The van der Waals surface area contributed by atoms with Crippen molar-refractivity contribution in [3.8, 4) is 50.6 Å². The van der Waals surface area contributed by atoms with Crippen LogP contribution in [-0.4, -0.2) is 30.6 Å². The number of hydrogen-bond donors (Lipinski definition) is 1. The average Bonchev–Trinajstić information content (AvgIpc) is 3.89. The Morgan fingerprint density at radius 1 is 0.701 bits per heavy atom. The third-order valence-corrected chi connectivity index (χ3v) is 12.0. The van der Waals surface area contributed by atoms with Crippen LogP contribution in [0.1, 0.15) is 87.4 Å². The predicted octanol–water partition coefficient (Wildman–Crippen LogP) is 15.0. The van der Waals surface area contributed by atoms with E-state index in [1.54, 1.807) is 12.3 Å². The number of para-hydroxylation sites is 1. The Balaban J connectivity index is 0.000000244. The van der Waals surface area contributed by atoms with Crippen LogP contribution in [0.4, 0.5) is 4.39 Å². The Bertz CT molecular complexity index is 3360. The van der Waals surface area contributed by atoms with Gasteiger partial charge in [0.25, 0.3) is 5.97 Å². The van der Waals surface area contributed by atoms with Gasteiger partial charge in [0, 0.05) is 55.0 Å². The number of halogens is 1. The van der Waals surface area contributed by atoms with E-state index in [4.69, 9.17) is 19.5 Å². The molecule has 0 fully saturated rings. The number of hydrogen-bond acceptors (Lipinski definition) is 5. The molecular formula is C58H49FIrN4O3-2. The first-order chi connectivity index (χ1) is 31.8. The van der Waals surface area contributed by atoms with Crippen LogP contribution in [0.5, 0.6) is 0 Å². The van der Waals surface area contributed by atoms with Gasteiger partial charge in [-0.05, 0) is 74.0 Å². The minimum Gasteiger partial charge on any atom is -0.501 e. The molecular weight excluding hydrogens is 1010 g/mol. The van der Waals surface area contributed by atoms with E-state index in [1.165, 1.54) is 17.2 Å². The van der Waals surface area contributed by atoms with Gasteiger partial charge in [0.2, 0.25) is 0 Å². The van der Waals surface area contributed by atoms with Gasteiger partial charge in [-0.2, -0.15) is 0 Å². The normalized spacial score (nSPS) is 11.6. The zero-order valence-electron chi connectivity index (χ0n) is 38.4. The van der Waals surface area contributed by atoms with Crippen molar-refractivity contribution in [3.05, 3.63) is 192 Å². The first kappa shape index (κ1) is 46.5. The number of furan rings is 1. The summed E-state index contributed by atoms with van der Waals surface area (Å²) in [5.74, 6) is -0.447. The summed E-state index contributed by atoms with van der Waals surface area (Å²) in [7, 11) is 0. The molecule has 0 aliphatic heterocycles. The van der Waals surface area contributed by atoms with Gasteiger partial charge in [0.1, 0.15) is 5.58 Å². The molecule has 0 aliphatic rings. The Morgan fingerprint density at radius 2 is 1.37 bits per heavy atom. The third-order valence-electron chi connectivity index (χ3n) is 12.0. The molecule has 0 saturated heterocycles. The SMILES string of the molecule is CC(C)(C)c1ccc(-c2[c-]cc(C(=O)O)cc2F)nc1.CC(C)c1cccc(C(C)C)c1-n1c(-c2[c-]ccc3c2oc2cc(-c4ccccc4)ccc23)nc2ncc(-c3ccccc3)cc21.[Ir].